The highest BCUT2D eigenvalue weighted by molar-refractivity contribution is 5.89. The first kappa shape index (κ1) is 21.9. The number of fused-ring (bicyclic) bond motifs is 1. The highest BCUT2D eigenvalue weighted by Crippen LogP contribution is 2.49. The van der Waals surface area contributed by atoms with E-state index in [9.17, 15) is 30.3 Å². The van der Waals surface area contributed by atoms with E-state index in [0.29, 0.717) is 11.1 Å². The van der Waals surface area contributed by atoms with Gasteiger partial charge in [-0.15, -0.1) is 0 Å². The summed E-state index contributed by atoms with van der Waals surface area (Å²) in [4.78, 5) is 12.2. The normalized spacial score (nSPS) is 34.7. The molecule has 3 rings (SSSR count). The van der Waals surface area contributed by atoms with Gasteiger partial charge in [0.15, 0.2) is 12.1 Å². The van der Waals surface area contributed by atoms with Crippen LogP contribution in [0.4, 0.5) is 0 Å². The summed E-state index contributed by atoms with van der Waals surface area (Å²) in [5.74, 6) is -1.04. The number of aromatic hydroxyl groups is 2. The summed E-state index contributed by atoms with van der Waals surface area (Å²) in [6.45, 7) is 4.04. The van der Waals surface area contributed by atoms with E-state index in [1.54, 1.807) is 20.8 Å². The summed E-state index contributed by atoms with van der Waals surface area (Å²) in [5, 5.41) is 51.6. The van der Waals surface area contributed by atoms with Gasteiger partial charge in [0.25, 0.3) is 0 Å². The number of hydrogen-bond donors (Lipinski definition) is 6. The molecule has 1 aromatic carbocycles. The van der Waals surface area contributed by atoms with Gasteiger partial charge in [0.2, 0.25) is 0 Å². The molecule has 1 aliphatic carbocycles. The molecule has 0 saturated carbocycles. The minimum atomic E-state index is -1.97. The van der Waals surface area contributed by atoms with Crippen LogP contribution in [0.3, 0.4) is 0 Å². The van der Waals surface area contributed by atoms with Crippen molar-refractivity contribution in [3.63, 3.8) is 0 Å². The standard InChI is InChI=1S/C20H29NO8/c1-8-9(2)18(25)16-11(17(8)24)5-20(27,14(23)7-22)6-13(16)29-15-4-12(21)19(26)10(3)28-15/h10,12-13,15,19,22,24-27H,4-7,21H2,1-3H3. The molecule has 0 aromatic heterocycles. The maximum absolute atomic E-state index is 12.2. The lowest BCUT2D eigenvalue weighted by molar-refractivity contribution is -0.247. The second kappa shape index (κ2) is 7.82. The fourth-order valence-electron chi connectivity index (χ4n) is 4.18. The molecule has 6 unspecified atom stereocenters. The first-order valence-electron chi connectivity index (χ1n) is 9.65. The van der Waals surface area contributed by atoms with Crippen LogP contribution in [-0.2, 0) is 20.7 Å². The summed E-state index contributed by atoms with van der Waals surface area (Å²) in [6, 6.07) is -0.591. The zero-order chi connectivity index (χ0) is 21.7. The molecule has 0 spiro atoms. The number of phenols is 2. The maximum atomic E-state index is 12.2. The van der Waals surface area contributed by atoms with Gasteiger partial charge in [0.1, 0.15) is 23.7 Å². The van der Waals surface area contributed by atoms with Gasteiger partial charge in [0, 0.05) is 36.4 Å². The molecule has 1 aliphatic heterocycles. The lowest BCUT2D eigenvalue weighted by Crippen LogP contribution is -2.53. The lowest BCUT2D eigenvalue weighted by atomic mass is 9.74. The zero-order valence-electron chi connectivity index (χ0n) is 16.8. The van der Waals surface area contributed by atoms with Crippen LogP contribution < -0.4 is 5.73 Å². The molecule has 0 radical (unpaired) electrons. The number of rotatable bonds is 4. The Bertz CT molecular complexity index is 800. The number of ether oxygens (including phenoxy) is 2. The van der Waals surface area contributed by atoms with Crippen molar-refractivity contribution in [3.05, 3.63) is 22.3 Å². The molecule has 9 heteroatoms. The Labute approximate surface area is 168 Å². The average molecular weight is 411 g/mol. The Balaban J connectivity index is 2.03. The van der Waals surface area contributed by atoms with Gasteiger partial charge in [-0.2, -0.15) is 0 Å². The molecule has 1 saturated heterocycles. The number of aliphatic hydroxyl groups excluding tert-OH is 2. The minimum Gasteiger partial charge on any atom is -0.507 e. The molecule has 2 aliphatic rings. The molecule has 1 fully saturated rings. The molecule has 0 bridgehead atoms. The van der Waals surface area contributed by atoms with Crippen molar-refractivity contribution in [1.82, 2.24) is 0 Å². The molecular formula is C20H29NO8. The fourth-order valence-corrected chi connectivity index (χ4v) is 4.18. The van der Waals surface area contributed by atoms with Crippen LogP contribution in [0.5, 0.6) is 11.5 Å². The van der Waals surface area contributed by atoms with Crippen molar-refractivity contribution in [3.8, 4) is 11.5 Å². The third-order valence-electron chi connectivity index (χ3n) is 6.18. The third-order valence-corrected chi connectivity index (χ3v) is 6.18. The predicted molar refractivity (Wildman–Crippen MR) is 101 cm³/mol. The number of aliphatic hydroxyl groups is 3. The second-order valence-electron chi connectivity index (χ2n) is 8.12. The SMILES string of the molecule is Cc1c(C)c(O)c2c(c1O)CC(O)(C(=O)CO)CC2OC1CC(N)C(O)C(C)O1. The first-order valence-corrected chi connectivity index (χ1v) is 9.65. The number of hydrogen-bond acceptors (Lipinski definition) is 9. The van der Waals surface area contributed by atoms with Gasteiger partial charge in [-0.25, -0.2) is 0 Å². The summed E-state index contributed by atoms with van der Waals surface area (Å²) < 4.78 is 11.6. The predicted octanol–water partition coefficient (Wildman–Crippen LogP) is -0.166. The Hall–Kier alpha value is -1.75. The highest BCUT2D eigenvalue weighted by atomic mass is 16.7. The molecule has 29 heavy (non-hydrogen) atoms. The van der Waals surface area contributed by atoms with Crippen molar-refractivity contribution >= 4 is 5.78 Å². The van der Waals surface area contributed by atoms with Gasteiger partial charge in [-0.05, 0) is 31.9 Å². The third kappa shape index (κ3) is 3.74. The summed E-state index contributed by atoms with van der Waals surface area (Å²) in [5.41, 5.74) is 5.32. The van der Waals surface area contributed by atoms with E-state index in [-0.39, 0.29) is 41.9 Å². The lowest BCUT2D eigenvalue weighted by Gasteiger charge is -2.42. The topological polar surface area (TPSA) is 163 Å². The largest absolute Gasteiger partial charge is 0.507 e. The number of carbonyl (C=O) groups excluding carboxylic acids is 1. The van der Waals surface area contributed by atoms with Crippen LogP contribution in [0.1, 0.15) is 48.1 Å². The summed E-state index contributed by atoms with van der Waals surface area (Å²) >= 11 is 0. The second-order valence-corrected chi connectivity index (χ2v) is 8.12. The molecule has 1 heterocycles. The smallest absolute Gasteiger partial charge is 0.190 e. The van der Waals surface area contributed by atoms with Crippen LogP contribution in [0.15, 0.2) is 0 Å². The zero-order valence-corrected chi connectivity index (χ0v) is 16.8. The van der Waals surface area contributed by atoms with Crippen LogP contribution in [0.2, 0.25) is 0 Å². The molecule has 7 N–H and O–H groups in total. The Morgan fingerprint density at radius 3 is 2.48 bits per heavy atom. The van der Waals surface area contributed by atoms with Gasteiger partial charge in [-0.1, -0.05) is 0 Å². The van der Waals surface area contributed by atoms with Crippen molar-refractivity contribution in [2.45, 2.75) is 76.3 Å². The Morgan fingerprint density at radius 1 is 1.28 bits per heavy atom. The van der Waals surface area contributed by atoms with Crippen LogP contribution in [0, 0.1) is 13.8 Å². The average Bonchev–Trinajstić information content (AvgIpc) is 2.67. The Morgan fingerprint density at radius 2 is 1.90 bits per heavy atom. The molecule has 1 aromatic rings. The number of benzene rings is 1. The molecule has 9 nitrogen and oxygen atoms in total. The quantitative estimate of drug-likeness (QED) is 0.369. The number of Topliss-reactive ketones (excluding diaryl/α,β-unsaturated/α-hetero) is 1. The van der Waals surface area contributed by atoms with Crippen LogP contribution in [0.25, 0.3) is 0 Å². The van der Waals surface area contributed by atoms with Crippen molar-refractivity contribution in [2.24, 2.45) is 5.73 Å². The van der Waals surface area contributed by atoms with Crippen molar-refractivity contribution < 1.29 is 39.8 Å². The highest BCUT2D eigenvalue weighted by Gasteiger charge is 2.47. The Kier molecular flexibility index (Phi) is 5.92. The number of phenolic OH excluding ortho intramolecular Hbond substituents is 2. The maximum Gasteiger partial charge on any atom is 0.190 e. The molecular weight excluding hydrogens is 382 g/mol. The molecule has 0 amide bonds. The molecule has 162 valence electrons. The van der Waals surface area contributed by atoms with Gasteiger partial charge in [-0.3, -0.25) is 4.79 Å². The van der Waals surface area contributed by atoms with E-state index in [0.717, 1.165) is 0 Å². The van der Waals surface area contributed by atoms with E-state index in [2.05, 4.69) is 0 Å². The minimum absolute atomic E-state index is 0.0908. The number of nitrogens with two attached hydrogens (primary N) is 1. The molecule has 6 atom stereocenters. The van der Waals surface area contributed by atoms with Gasteiger partial charge in [0.05, 0.1) is 18.3 Å². The van der Waals surface area contributed by atoms with Crippen LogP contribution >= 0.6 is 0 Å². The summed E-state index contributed by atoms with van der Waals surface area (Å²) in [6.07, 6.45) is -3.62. The van der Waals surface area contributed by atoms with Crippen molar-refractivity contribution in [2.75, 3.05) is 6.61 Å². The van der Waals surface area contributed by atoms with E-state index in [4.69, 9.17) is 15.2 Å². The van der Waals surface area contributed by atoms with Crippen LogP contribution in [-0.4, -0.2) is 68.1 Å². The van der Waals surface area contributed by atoms with E-state index in [1.807, 2.05) is 0 Å². The van der Waals surface area contributed by atoms with Crippen molar-refractivity contribution in [1.29, 1.82) is 0 Å². The van der Waals surface area contributed by atoms with Gasteiger partial charge < -0.3 is 40.7 Å². The van der Waals surface area contributed by atoms with E-state index < -0.39 is 48.6 Å². The van der Waals surface area contributed by atoms with Gasteiger partial charge >= 0.3 is 0 Å². The van der Waals surface area contributed by atoms with E-state index in [1.165, 1.54) is 0 Å². The first-order chi connectivity index (χ1) is 13.5. The number of ketones is 1. The monoisotopic (exact) mass is 411 g/mol. The fraction of sp³-hybridized carbons (Fsp3) is 0.650. The summed E-state index contributed by atoms with van der Waals surface area (Å²) in [7, 11) is 0. The number of carbonyl (C=O) groups is 1. The van der Waals surface area contributed by atoms with E-state index >= 15 is 0 Å².